The summed E-state index contributed by atoms with van der Waals surface area (Å²) in [5.74, 6) is -0.243. The molecule has 0 aliphatic rings. The lowest BCUT2D eigenvalue weighted by atomic mass is 10.2. The van der Waals surface area contributed by atoms with Gasteiger partial charge in [-0.3, -0.25) is 10.1 Å². The van der Waals surface area contributed by atoms with Gasteiger partial charge in [0, 0.05) is 12.1 Å². The second kappa shape index (κ2) is 5.80. The van der Waals surface area contributed by atoms with Crippen LogP contribution >= 0.6 is 0 Å². The van der Waals surface area contributed by atoms with E-state index in [2.05, 4.69) is 10.1 Å². The predicted octanol–water partition coefficient (Wildman–Crippen LogP) is 1.26. The molecule has 1 aromatic heterocycles. The second-order valence-electron chi connectivity index (χ2n) is 3.60. The zero-order chi connectivity index (χ0) is 13.7. The molecular formula is C10H14N4O4. The van der Waals surface area contributed by atoms with E-state index >= 15 is 0 Å². The van der Waals surface area contributed by atoms with Crippen molar-refractivity contribution in [3.63, 3.8) is 0 Å². The Bertz CT molecular complexity index is 475. The van der Waals surface area contributed by atoms with Crippen molar-refractivity contribution < 1.29 is 14.9 Å². The third-order valence-electron chi connectivity index (χ3n) is 2.29. The van der Waals surface area contributed by atoms with E-state index in [1.807, 2.05) is 13.8 Å². The van der Waals surface area contributed by atoms with Crippen molar-refractivity contribution in [2.75, 3.05) is 0 Å². The molecule has 0 aliphatic heterocycles. The largest absolute Gasteiger partial charge is 0.475 e. The lowest BCUT2D eigenvalue weighted by molar-refractivity contribution is -0.385. The Morgan fingerprint density at radius 3 is 2.89 bits per heavy atom. The normalized spacial score (nSPS) is 13.1. The van der Waals surface area contributed by atoms with Crippen LogP contribution in [0.2, 0.25) is 0 Å². The van der Waals surface area contributed by atoms with Gasteiger partial charge in [-0.2, -0.15) is 0 Å². The number of nitro groups is 1. The number of amidine groups is 1. The number of aromatic nitrogens is 1. The Morgan fingerprint density at radius 1 is 1.72 bits per heavy atom. The Kier molecular flexibility index (Phi) is 4.41. The summed E-state index contributed by atoms with van der Waals surface area (Å²) in [6.07, 6.45) is 0.677. The molecule has 0 aliphatic carbocycles. The first kappa shape index (κ1) is 13.7. The molecule has 0 bridgehead atoms. The van der Waals surface area contributed by atoms with Crippen molar-refractivity contribution in [2.24, 2.45) is 10.9 Å². The maximum absolute atomic E-state index is 10.8. The topological polar surface area (TPSA) is 124 Å². The summed E-state index contributed by atoms with van der Waals surface area (Å²) < 4.78 is 5.41. The fraction of sp³-hybridized carbons (Fsp3) is 0.400. The van der Waals surface area contributed by atoms with Gasteiger partial charge in [0.1, 0.15) is 0 Å². The zero-order valence-electron chi connectivity index (χ0n) is 10.0. The molecule has 1 unspecified atom stereocenters. The molecule has 18 heavy (non-hydrogen) atoms. The lowest BCUT2D eigenvalue weighted by Gasteiger charge is -2.12. The van der Waals surface area contributed by atoms with Gasteiger partial charge in [-0.1, -0.05) is 12.1 Å². The van der Waals surface area contributed by atoms with Crippen LogP contribution < -0.4 is 10.5 Å². The number of ether oxygens (including phenoxy) is 1. The molecule has 0 amide bonds. The second-order valence-corrected chi connectivity index (χ2v) is 3.60. The van der Waals surface area contributed by atoms with E-state index in [0.29, 0.717) is 0 Å². The molecule has 0 spiro atoms. The molecule has 8 nitrogen and oxygen atoms in total. The van der Waals surface area contributed by atoms with Crippen molar-refractivity contribution in [1.82, 2.24) is 4.98 Å². The summed E-state index contributed by atoms with van der Waals surface area (Å²) in [7, 11) is 0. The fourth-order valence-electron chi connectivity index (χ4n) is 1.17. The summed E-state index contributed by atoms with van der Waals surface area (Å²) in [5.41, 5.74) is 4.78. The van der Waals surface area contributed by atoms with Crippen molar-refractivity contribution in [3.8, 4) is 5.88 Å². The van der Waals surface area contributed by atoms with Gasteiger partial charge in [0.05, 0.1) is 11.0 Å². The van der Waals surface area contributed by atoms with E-state index in [1.165, 1.54) is 12.1 Å². The molecule has 1 aromatic rings. The number of nitrogens with zero attached hydrogens (tertiary/aromatic N) is 3. The van der Waals surface area contributed by atoms with Gasteiger partial charge in [0.25, 0.3) is 5.69 Å². The molecule has 0 saturated carbocycles. The number of nitrogens with two attached hydrogens (primary N) is 1. The Labute approximate surface area is 103 Å². The third-order valence-corrected chi connectivity index (χ3v) is 2.29. The van der Waals surface area contributed by atoms with Crippen LogP contribution in [0.1, 0.15) is 26.0 Å². The van der Waals surface area contributed by atoms with E-state index in [1.54, 1.807) is 0 Å². The van der Waals surface area contributed by atoms with Gasteiger partial charge in [0.15, 0.2) is 11.5 Å². The Balaban J connectivity index is 3.17. The minimum absolute atomic E-state index is 0.0842. The van der Waals surface area contributed by atoms with Crippen LogP contribution in [0.15, 0.2) is 17.3 Å². The average molecular weight is 254 g/mol. The molecule has 0 saturated heterocycles. The van der Waals surface area contributed by atoms with Gasteiger partial charge in [-0.15, -0.1) is 0 Å². The summed E-state index contributed by atoms with van der Waals surface area (Å²) in [6.45, 7) is 3.77. The van der Waals surface area contributed by atoms with E-state index in [0.717, 1.165) is 6.42 Å². The fourth-order valence-corrected chi connectivity index (χ4v) is 1.17. The lowest BCUT2D eigenvalue weighted by Crippen LogP contribution is -2.18. The maximum atomic E-state index is 10.8. The standard InChI is InChI=1S/C10H14N4O4/c1-3-6(2)18-8-5-4-7(14(16)17)9(12-8)10(11)13-15/h4-6,15H,3H2,1-2H3,(H2,11,13). The van der Waals surface area contributed by atoms with Crippen LogP contribution in [0.3, 0.4) is 0 Å². The first-order valence-corrected chi connectivity index (χ1v) is 5.29. The number of rotatable bonds is 5. The highest BCUT2D eigenvalue weighted by Gasteiger charge is 2.20. The van der Waals surface area contributed by atoms with Crippen molar-refractivity contribution >= 4 is 11.5 Å². The van der Waals surface area contributed by atoms with E-state index in [9.17, 15) is 10.1 Å². The van der Waals surface area contributed by atoms with Gasteiger partial charge in [-0.05, 0) is 13.3 Å². The first-order chi connectivity index (χ1) is 8.49. The monoisotopic (exact) mass is 254 g/mol. The van der Waals surface area contributed by atoms with Gasteiger partial charge in [0.2, 0.25) is 5.88 Å². The van der Waals surface area contributed by atoms with Crippen LogP contribution in [-0.4, -0.2) is 27.1 Å². The number of pyridine rings is 1. The summed E-state index contributed by atoms with van der Waals surface area (Å²) in [4.78, 5) is 14.0. The minimum Gasteiger partial charge on any atom is -0.475 e. The van der Waals surface area contributed by atoms with Gasteiger partial charge in [-0.25, -0.2) is 4.98 Å². The van der Waals surface area contributed by atoms with Crippen LogP contribution in [0.4, 0.5) is 5.69 Å². The summed E-state index contributed by atoms with van der Waals surface area (Å²) in [5, 5.41) is 22.1. The van der Waals surface area contributed by atoms with E-state index < -0.39 is 10.8 Å². The highest BCUT2D eigenvalue weighted by Crippen LogP contribution is 2.21. The maximum Gasteiger partial charge on any atom is 0.299 e. The smallest absolute Gasteiger partial charge is 0.299 e. The molecule has 3 N–H and O–H groups in total. The molecule has 1 atom stereocenters. The third kappa shape index (κ3) is 3.06. The van der Waals surface area contributed by atoms with Crippen LogP contribution in [-0.2, 0) is 0 Å². The first-order valence-electron chi connectivity index (χ1n) is 5.29. The SMILES string of the molecule is CCC(C)Oc1ccc([N+](=O)[O-])c(/C(N)=N/O)n1. The number of hydrogen-bond acceptors (Lipinski definition) is 6. The van der Waals surface area contributed by atoms with Crippen molar-refractivity contribution in [1.29, 1.82) is 0 Å². The average Bonchev–Trinajstić information content (AvgIpc) is 2.37. The molecule has 1 heterocycles. The van der Waals surface area contributed by atoms with Crippen molar-refractivity contribution in [2.45, 2.75) is 26.4 Å². The van der Waals surface area contributed by atoms with Gasteiger partial charge < -0.3 is 15.7 Å². The van der Waals surface area contributed by atoms with Gasteiger partial charge >= 0.3 is 0 Å². The number of hydrogen-bond donors (Lipinski definition) is 2. The summed E-state index contributed by atoms with van der Waals surface area (Å²) >= 11 is 0. The molecule has 8 heteroatoms. The van der Waals surface area contributed by atoms with Crippen LogP contribution in [0.25, 0.3) is 0 Å². The molecular weight excluding hydrogens is 240 g/mol. The van der Waals surface area contributed by atoms with Crippen LogP contribution in [0.5, 0.6) is 5.88 Å². The van der Waals surface area contributed by atoms with E-state index in [4.69, 9.17) is 15.7 Å². The predicted molar refractivity (Wildman–Crippen MR) is 63.8 cm³/mol. The molecule has 0 radical (unpaired) electrons. The van der Waals surface area contributed by atoms with Crippen molar-refractivity contribution in [3.05, 3.63) is 27.9 Å². The van der Waals surface area contributed by atoms with Crippen LogP contribution in [0, 0.1) is 10.1 Å². The molecule has 1 rings (SSSR count). The highest BCUT2D eigenvalue weighted by molar-refractivity contribution is 5.98. The number of oxime groups is 1. The molecule has 0 aromatic carbocycles. The van der Waals surface area contributed by atoms with E-state index in [-0.39, 0.29) is 23.4 Å². The minimum atomic E-state index is -0.659. The molecule has 0 fully saturated rings. The molecule has 98 valence electrons. The Hall–Kier alpha value is -2.38. The summed E-state index contributed by atoms with van der Waals surface area (Å²) in [6, 6.07) is 2.58. The Morgan fingerprint density at radius 2 is 2.39 bits per heavy atom. The quantitative estimate of drug-likeness (QED) is 0.268. The highest BCUT2D eigenvalue weighted by atomic mass is 16.6. The zero-order valence-corrected chi connectivity index (χ0v) is 10.0.